The Morgan fingerprint density at radius 1 is 1.25 bits per heavy atom. The van der Waals surface area contributed by atoms with E-state index < -0.39 is 11.9 Å². The van der Waals surface area contributed by atoms with Gasteiger partial charge < -0.3 is 0 Å². The van der Waals surface area contributed by atoms with Gasteiger partial charge in [0.2, 0.25) is 0 Å². The van der Waals surface area contributed by atoms with Crippen molar-refractivity contribution < 1.29 is 13.2 Å². The maximum atomic E-state index is 12.4. The number of halogens is 3. The van der Waals surface area contributed by atoms with E-state index in [-0.39, 0.29) is 0 Å². The molecule has 1 aliphatic carbocycles. The molecule has 0 saturated heterocycles. The number of fused-ring (bicyclic) bond motifs is 1. The topological polar surface area (TPSA) is 30.2 Å². The van der Waals surface area contributed by atoms with Crippen molar-refractivity contribution in [2.75, 3.05) is 0 Å². The molecular formula is C10H8F3N3. The fourth-order valence-corrected chi connectivity index (χ4v) is 1.66. The molecule has 0 aromatic carbocycles. The average molecular weight is 227 g/mol. The molecule has 0 unspecified atom stereocenters. The molecule has 1 saturated carbocycles. The highest BCUT2D eigenvalue weighted by Gasteiger charge is 2.33. The van der Waals surface area contributed by atoms with Gasteiger partial charge in [0.1, 0.15) is 12.0 Å². The maximum Gasteiger partial charge on any atom is 0.433 e. The molecule has 6 heteroatoms. The normalized spacial score (nSPS) is 16.9. The summed E-state index contributed by atoms with van der Waals surface area (Å²) < 4.78 is 38.6. The zero-order chi connectivity index (χ0) is 11.3. The van der Waals surface area contributed by atoms with Gasteiger partial charge in [-0.15, -0.1) is 0 Å². The lowest BCUT2D eigenvalue weighted by molar-refractivity contribution is -0.141. The summed E-state index contributed by atoms with van der Waals surface area (Å²) in [5.74, 6) is 0.425. The fraction of sp³-hybridized carbons (Fsp3) is 0.400. The second-order valence-electron chi connectivity index (χ2n) is 3.98. The Kier molecular flexibility index (Phi) is 1.78. The molecule has 0 aliphatic heterocycles. The smallest absolute Gasteiger partial charge is 0.232 e. The van der Waals surface area contributed by atoms with Gasteiger partial charge in [-0.05, 0) is 25.0 Å². The summed E-state index contributed by atoms with van der Waals surface area (Å²) in [4.78, 5) is 3.35. The fourth-order valence-electron chi connectivity index (χ4n) is 1.66. The van der Waals surface area contributed by atoms with Gasteiger partial charge in [0.25, 0.3) is 0 Å². The standard InChI is InChI=1S/C10H8F3N3/c11-10(12,13)9-4-7-3-8(6-1-2-6)15-16(7)5-14-9/h3-6H,1-2H2. The lowest BCUT2D eigenvalue weighted by Crippen LogP contribution is -2.08. The lowest BCUT2D eigenvalue weighted by Gasteiger charge is -2.04. The van der Waals surface area contributed by atoms with Crippen LogP contribution >= 0.6 is 0 Å². The van der Waals surface area contributed by atoms with E-state index in [2.05, 4.69) is 10.1 Å². The monoisotopic (exact) mass is 227 g/mol. The van der Waals surface area contributed by atoms with Gasteiger partial charge in [0.05, 0.1) is 11.2 Å². The number of alkyl halides is 3. The van der Waals surface area contributed by atoms with Crippen LogP contribution in [0.5, 0.6) is 0 Å². The van der Waals surface area contributed by atoms with Gasteiger partial charge in [-0.2, -0.15) is 18.3 Å². The van der Waals surface area contributed by atoms with Crippen molar-refractivity contribution >= 4 is 5.52 Å². The number of hydrogen-bond donors (Lipinski definition) is 0. The van der Waals surface area contributed by atoms with Gasteiger partial charge in [-0.3, -0.25) is 0 Å². The molecule has 0 amide bonds. The summed E-state index contributed by atoms with van der Waals surface area (Å²) in [6.45, 7) is 0. The summed E-state index contributed by atoms with van der Waals surface area (Å²) in [6.07, 6.45) is -1.14. The molecule has 2 aromatic heterocycles. The molecule has 84 valence electrons. The van der Waals surface area contributed by atoms with Crippen molar-refractivity contribution in [2.24, 2.45) is 0 Å². The first kappa shape index (κ1) is 9.62. The molecule has 0 radical (unpaired) electrons. The summed E-state index contributed by atoms with van der Waals surface area (Å²) in [7, 11) is 0. The predicted octanol–water partition coefficient (Wildman–Crippen LogP) is 2.63. The molecule has 1 fully saturated rings. The third-order valence-electron chi connectivity index (χ3n) is 2.66. The zero-order valence-electron chi connectivity index (χ0n) is 8.20. The molecule has 3 nitrogen and oxygen atoms in total. The van der Waals surface area contributed by atoms with Crippen molar-refractivity contribution in [3.8, 4) is 0 Å². The Morgan fingerprint density at radius 3 is 2.62 bits per heavy atom. The zero-order valence-corrected chi connectivity index (χ0v) is 8.20. The Bertz CT molecular complexity index is 540. The minimum absolute atomic E-state index is 0.425. The summed E-state index contributed by atoms with van der Waals surface area (Å²) in [6, 6.07) is 2.73. The first-order valence-corrected chi connectivity index (χ1v) is 4.96. The number of hydrogen-bond acceptors (Lipinski definition) is 2. The second-order valence-corrected chi connectivity index (χ2v) is 3.98. The van der Waals surface area contributed by atoms with Crippen LogP contribution in [0.3, 0.4) is 0 Å². The van der Waals surface area contributed by atoms with Crippen molar-refractivity contribution in [1.29, 1.82) is 0 Å². The lowest BCUT2D eigenvalue weighted by atomic mass is 10.2. The molecule has 16 heavy (non-hydrogen) atoms. The van der Waals surface area contributed by atoms with Crippen LogP contribution in [0.1, 0.15) is 30.1 Å². The van der Waals surface area contributed by atoms with Gasteiger partial charge in [0, 0.05) is 5.92 Å². The minimum Gasteiger partial charge on any atom is -0.232 e. The van der Waals surface area contributed by atoms with Crippen LogP contribution in [0.4, 0.5) is 13.2 Å². The van der Waals surface area contributed by atoms with Crippen LogP contribution < -0.4 is 0 Å². The van der Waals surface area contributed by atoms with Crippen molar-refractivity contribution in [1.82, 2.24) is 14.6 Å². The van der Waals surface area contributed by atoms with Gasteiger partial charge in [0.15, 0.2) is 0 Å². The third-order valence-corrected chi connectivity index (χ3v) is 2.66. The quantitative estimate of drug-likeness (QED) is 0.749. The summed E-state index contributed by atoms with van der Waals surface area (Å²) >= 11 is 0. The van der Waals surface area contributed by atoms with Gasteiger partial charge >= 0.3 is 6.18 Å². The van der Waals surface area contributed by atoms with Gasteiger partial charge in [-0.1, -0.05) is 0 Å². The summed E-state index contributed by atoms with van der Waals surface area (Å²) in [5, 5.41) is 4.18. The Labute approximate surface area is 88.9 Å². The predicted molar refractivity (Wildman–Crippen MR) is 50.0 cm³/mol. The van der Waals surface area contributed by atoms with Crippen molar-refractivity contribution in [3.05, 3.63) is 29.8 Å². The molecule has 3 rings (SSSR count). The highest BCUT2D eigenvalue weighted by Crippen LogP contribution is 2.39. The largest absolute Gasteiger partial charge is 0.433 e. The molecule has 1 aliphatic rings. The van der Waals surface area contributed by atoms with E-state index in [4.69, 9.17) is 0 Å². The Hall–Kier alpha value is -1.59. The van der Waals surface area contributed by atoms with E-state index in [0.717, 1.165) is 30.9 Å². The van der Waals surface area contributed by atoms with E-state index in [1.54, 1.807) is 6.07 Å². The first-order valence-electron chi connectivity index (χ1n) is 4.96. The van der Waals surface area contributed by atoms with E-state index in [1.807, 2.05) is 0 Å². The van der Waals surface area contributed by atoms with E-state index in [9.17, 15) is 13.2 Å². The van der Waals surface area contributed by atoms with Crippen molar-refractivity contribution in [2.45, 2.75) is 24.9 Å². The Balaban J connectivity index is 2.10. The highest BCUT2D eigenvalue weighted by atomic mass is 19.4. The Morgan fingerprint density at radius 2 is 2.00 bits per heavy atom. The molecule has 2 heterocycles. The number of rotatable bonds is 1. The van der Waals surface area contributed by atoms with E-state index in [0.29, 0.717) is 11.4 Å². The highest BCUT2D eigenvalue weighted by molar-refractivity contribution is 5.49. The molecule has 0 atom stereocenters. The molecule has 2 aromatic rings. The van der Waals surface area contributed by atoms with E-state index in [1.165, 1.54) is 4.52 Å². The number of aromatic nitrogens is 3. The van der Waals surface area contributed by atoms with Crippen molar-refractivity contribution in [3.63, 3.8) is 0 Å². The first-order chi connectivity index (χ1) is 7.54. The van der Waals surface area contributed by atoms with Gasteiger partial charge in [-0.25, -0.2) is 9.50 Å². The van der Waals surface area contributed by atoms with Crippen LogP contribution in [0.15, 0.2) is 18.5 Å². The molecule has 0 bridgehead atoms. The second kappa shape index (κ2) is 2.96. The minimum atomic E-state index is -4.40. The molecule has 0 spiro atoms. The summed E-state index contributed by atoms with van der Waals surface area (Å²) in [5.41, 5.74) is 0.438. The molecular weight excluding hydrogens is 219 g/mol. The third kappa shape index (κ3) is 1.54. The maximum absolute atomic E-state index is 12.4. The molecule has 0 N–H and O–H groups in total. The van der Waals surface area contributed by atoms with Crippen LogP contribution in [0, 0.1) is 0 Å². The van der Waals surface area contributed by atoms with E-state index >= 15 is 0 Å². The SMILES string of the molecule is FC(F)(F)c1cc2cc(C3CC3)nn2cn1. The average Bonchev–Trinajstić information content (AvgIpc) is 2.96. The van der Waals surface area contributed by atoms with Crippen LogP contribution in [0.25, 0.3) is 5.52 Å². The van der Waals surface area contributed by atoms with Crippen LogP contribution in [-0.4, -0.2) is 14.6 Å². The van der Waals surface area contributed by atoms with Crippen LogP contribution in [-0.2, 0) is 6.18 Å². The number of nitrogens with zero attached hydrogens (tertiary/aromatic N) is 3. The van der Waals surface area contributed by atoms with Crippen LogP contribution in [0.2, 0.25) is 0 Å².